The van der Waals surface area contributed by atoms with Crippen molar-refractivity contribution in [2.75, 3.05) is 18.5 Å². The molecule has 1 aliphatic carbocycles. The van der Waals surface area contributed by atoms with Crippen LogP contribution in [-0.4, -0.2) is 35.3 Å². The van der Waals surface area contributed by atoms with Crippen LogP contribution in [0.1, 0.15) is 37.1 Å². The second-order valence-corrected chi connectivity index (χ2v) is 5.17. The molecule has 8 heteroatoms. The molecule has 2 amide bonds. The second-order valence-electron chi connectivity index (χ2n) is 4.17. The van der Waals surface area contributed by atoms with E-state index in [1.165, 1.54) is 11.3 Å². The molecule has 1 aliphatic rings. The average Bonchev–Trinajstić information content (AvgIpc) is 3.11. The van der Waals surface area contributed by atoms with Crippen molar-refractivity contribution < 1.29 is 14.3 Å². The van der Waals surface area contributed by atoms with Gasteiger partial charge in [-0.2, -0.15) is 0 Å². The minimum Gasteiger partial charge on any atom is -0.450 e. The first-order chi connectivity index (χ1) is 9.19. The molecule has 0 radical (unpaired) electrons. The van der Waals surface area contributed by atoms with Crippen LogP contribution in [0, 0.1) is 0 Å². The summed E-state index contributed by atoms with van der Waals surface area (Å²) in [4.78, 5) is 22.6. The number of carbonyl (C=O) groups excluding carboxylic acids is 2. The summed E-state index contributed by atoms with van der Waals surface area (Å²) in [5.74, 6) is 0.337. The molecule has 0 spiro atoms. The predicted molar refractivity (Wildman–Crippen MR) is 70.2 cm³/mol. The van der Waals surface area contributed by atoms with Gasteiger partial charge in [-0.1, -0.05) is 11.3 Å². The van der Waals surface area contributed by atoms with Crippen molar-refractivity contribution in [2.24, 2.45) is 0 Å². The number of amides is 2. The average molecular weight is 284 g/mol. The molecule has 0 unspecified atom stereocenters. The summed E-state index contributed by atoms with van der Waals surface area (Å²) < 4.78 is 4.68. The molecule has 0 saturated heterocycles. The summed E-state index contributed by atoms with van der Waals surface area (Å²) in [5.41, 5.74) is 0. The van der Waals surface area contributed by atoms with E-state index < -0.39 is 6.09 Å². The van der Waals surface area contributed by atoms with Gasteiger partial charge in [0.15, 0.2) is 0 Å². The molecule has 104 valence electrons. The third kappa shape index (κ3) is 4.47. The first-order valence-corrected chi connectivity index (χ1v) is 7.04. The topological polar surface area (TPSA) is 93.2 Å². The van der Waals surface area contributed by atoms with Crippen LogP contribution in [0.25, 0.3) is 0 Å². The molecule has 2 N–H and O–H groups in total. The lowest BCUT2D eigenvalue weighted by Gasteiger charge is -2.04. The first kappa shape index (κ1) is 13.7. The maximum absolute atomic E-state index is 11.6. The van der Waals surface area contributed by atoms with Crippen molar-refractivity contribution in [2.45, 2.75) is 32.1 Å². The van der Waals surface area contributed by atoms with E-state index in [4.69, 9.17) is 0 Å². The summed E-state index contributed by atoms with van der Waals surface area (Å²) in [6.45, 7) is 2.27. The van der Waals surface area contributed by atoms with E-state index in [-0.39, 0.29) is 18.9 Å². The number of nitrogens with zero attached hydrogens (tertiary/aromatic N) is 2. The van der Waals surface area contributed by atoms with Crippen LogP contribution in [0.3, 0.4) is 0 Å². The lowest BCUT2D eigenvalue weighted by molar-refractivity contribution is -0.116. The van der Waals surface area contributed by atoms with Crippen molar-refractivity contribution in [1.82, 2.24) is 15.5 Å². The van der Waals surface area contributed by atoms with Gasteiger partial charge in [0, 0.05) is 18.9 Å². The lowest BCUT2D eigenvalue weighted by atomic mass is 10.4. The largest absolute Gasteiger partial charge is 0.450 e. The minimum atomic E-state index is -0.512. The van der Waals surface area contributed by atoms with E-state index in [0.29, 0.717) is 17.7 Å². The van der Waals surface area contributed by atoms with Crippen LogP contribution < -0.4 is 10.6 Å². The summed E-state index contributed by atoms with van der Waals surface area (Å²) in [6, 6.07) is 0. The normalized spacial score (nSPS) is 13.9. The van der Waals surface area contributed by atoms with E-state index in [0.717, 1.165) is 17.8 Å². The molecule has 19 heavy (non-hydrogen) atoms. The van der Waals surface area contributed by atoms with Crippen LogP contribution in [0.2, 0.25) is 0 Å². The van der Waals surface area contributed by atoms with Gasteiger partial charge in [0.05, 0.1) is 6.61 Å². The van der Waals surface area contributed by atoms with E-state index >= 15 is 0 Å². The van der Waals surface area contributed by atoms with Gasteiger partial charge in [-0.05, 0) is 19.8 Å². The van der Waals surface area contributed by atoms with Crippen LogP contribution in [-0.2, 0) is 9.53 Å². The van der Waals surface area contributed by atoms with Gasteiger partial charge in [0.25, 0.3) is 0 Å². The number of rotatable bonds is 6. The zero-order valence-electron chi connectivity index (χ0n) is 10.6. The molecule has 0 aliphatic heterocycles. The molecule has 2 rings (SSSR count). The highest BCUT2D eigenvalue weighted by atomic mass is 32.1. The maximum Gasteiger partial charge on any atom is 0.407 e. The molecule has 0 bridgehead atoms. The lowest BCUT2D eigenvalue weighted by Crippen LogP contribution is -2.28. The molecule has 1 heterocycles. The fourth-order valence-corrected chi connectivity index (χ4v) is 2.35. The molecule has 0 atom stereocenters. The number of ether oxygens (including phenoxy) is 1. The number of alkyl carbamates (subject to hydrolysis) is 1. The Bertz CT molecular complexity index is 459. The Morgan fingerprint density at radius 3 is 2.89 bits per heavy atom. The van der Waals surface area contributed by atoms with Crippen LogP contribution >= 0.6 is 11.3 Å². The third-order valence-corrected chi connectivity index (χ3v) is 3.51. The van der Waals surface area contributed by atoms with Gasteiger partial charge in [0.1, 0.15) is 5.01 Å². The molecular formula is C11H16N4O3S. The molecule has 0 aromatic carbocycles. The quantitative estimate of drug-likeness (QED) is 0.825. The zero-order chi connectivity index (χ0) is 13.7. The van der Waals surface area contributed by atoms with Crippen molar-refractivity contribution in [1.29, 1.82) is 0 Å². The zero-order valence-corrected chi connectivity index (χ0v) is 11.5. The van der Waals surface area contributed by atoms with Crippen molar-refractivity contribution in [3.63, 3.8) is 0 Å². The fourth-order valence-electron chi connectivity index (χ4n) is 1.42. The first-order valence-electron chi connectivity index (χ1n) is 6.23. The van der Waals surface area contributed by atoms with Crippen LogP contribution in [0.15, 0.2) is 0 Å². The maximum atomic E-state index is 11.6. The molecule has 7 nitrogen and oxygen atoms in total. The van der Waals surface area contributed by atoms with E-state index in [9.17, 15) is 9.59 Å². The molecule has 1 fully saturated rings. The van der Waals surface area contributed by atoms with E-state index in [1.807, 2.05) is 0 Å². The second kappa shape index (κ2) is 6.46. The monoisotopic (exact) mass is 284 g/mol. The number of nitrogens with one attached hydrogen (secondary N) is 2. The fraction of sp³-hybridized carbons (Fsp3) is 0.636. The summed E-state index contributed by atoms with van der Waals surface area (Å²) in [7, 11) is 0. The molecule has 1 aromatic rings. The molecular weight excluding hydrogens is 268 g/mol. The van der Waals surface area contributed by atoms with Gasteiger partial charge >= 0.3 is 6.09 Å². The SMILES string of the molecule is CCOC(=O)NCCC(=O)Nc1nnc(C2CC2)s1. The Morgan fingerprint density at radius 1 is 1.42 bits per heavy atom. The van der Waals surface area contributed by atoms with Crippen molar-refractivity contribution in [3.05, 3.63) is 5.01 Å². The predicted octanol–water partition coefficient (Wildman–Crippen LogP) is 1.49. The Hall–Kier alpha value is -1.70. The Labute approximate surface area is 114 Å². The summed E-state index contributed by atoms with van der Waals surface area (Å²) >= 11 is 1.41. The summed E-state index contributed by atoms with van der Waals surface area (Å²) in [6.07, 6.45) is 1.98. The van der Waals surface area contributed by atoms with E-state index in [2.05, 4.69) is 25.6 Å². The molecule has 1 saturated carbocycles. The minimum absolute atomic E-state index is 0.178. The standard InChI is InChI=1S/C11H16N4O3S/c1-2-18-11(17)12-6-5-8(16)13-10-15-14-9(19-10)7-3-4-7/h7H,2-6H2,1H3,(H,12,17)(H,13,15,16). The highest BCUT2D eigenvalue weighted by molar-refractivity contribution is 7.15. The Kier molecular flexibility index (Phi) is 4.67. The Balaban J connectivity index is 1.67. The smallest absolute Gasteiger partial charge is 0.407 e. The Morgan fingerprint density at radius 2 is 2.21 bits per heavy atom. The van der Waals surface area contributed by atoms with Crippen molar-refractivity contribution in [3.8, 4) is 0 Å². The van der Waals surface area contributed by atoms with Crippen LogP contribution in [0.4, 0.5) is 9.93 Å². The van der Waals surface area contributed by atoms with Crippen molar-refractivity contribution >= 4 is 28.5 Å². The van der Waals surface area contributed by atoms with Gasteiger partial charge in [0.2, 0.25) is 11.0 Å². The third-order valence-electron chi connectivity index (χ3n) is 2.51. The highest BCUT2D eigenvalue weighted by Crippen LogP contribution is 2.41. The number of hydrogen-bond donors (Lipinski definition) is 2. The van der Waals surface area contributed by atoms with Gasteiger partial charge in [-0.25, -0.2) is 4.79 Å². The van der Waals surface area contributed by atoms with E-state index in [1.54, 1.807) is 6.92 Å². The number of hydrogen-bond acceptors (Lipinski definition) is 6. The highest BCUT2D eigenvalue weighted by Gasteiger charge is 2.27. The van der Waals surface area contributed by atoms with Crippen LogP contribution in [0.5, 0.6) is 0 Å². The number of aromatic nitrogens is 2. The van der Waals surface area contributed by atoms with Gasteiger partial charge in [-0.3, -0.25) is 4.79 Å². The summed E-state index contributed by atoms with van der Waals surface area (Å²) in [5, 5.41) is 14.6. The number of carbonyl (C=O) groups is 2. The number of anilines is 1. The van der Waals surface area contributed by atoms with Gasteiger partial charge < -0.3 is 15.4 Å². The molecule has 1 aromatic heterocycles. The van der Waals surface area contributed by atoms with Gasteiger partial charge in [-0.15, -0.1) is 10.2 Å².